The summed E-state index contributed by atoms with van der Waals surface area (Å²) in [6, 6.07) is 7.95. The molecule has 0 bridgehead atoms. The molecule has 0 radical (unpaired) electrons. The second-order valence-electron chi connectivity index (χ2n) is 5.56. The molecule has 0 saturated carbocycles. The van der Waals surface area contributed by atoms with Crippen molar-refractivity contribution in [1.82, 2.24) is 4.90 Å². The lowest BCUT2D eigenvalue weighted by molar-refractivity contribution is 0.0700. The molecule has 0 spiro atoms. The monoisotopic (exact) mass is 305 g/mol. The zero-order valence-electron chi connectivity index (χ0n) is 12.0. The van der Waals surface area contributed by atoms with E-state index in [4.69, 9.17) is 4.74 Å². The van der Waals surface area contributed by atoms with E-state index in [9.17, 15) is 9.90 Å². The fraction of sp³-hybridized carbons (Fsp3) is 0.438. The Morgan fingerprint density at radius 3 is 3.05 bits per heavy atom. The van der Waals surface area contributed by atoms with Crippen molar-refractivity contribution in [2.24, 2.45) is 5.92 Å². The van der Waals surface area contributed by atoms with Gasteiger partial charge in [-0.05, 0) is 35.9 Å². The van der Waals surface area contributed by atoms with Crippen molar-refractivity contribution in [2.45, 2.75) is 13.0 Å². The topological polar surface area (TPSA) is 49.8 Å². The molecule has 1 aliphatic heterocycles. The smallest absolute Gasteiger partial charge is 0.346 e. The molecule has 0 amide bonds. The Morgan fingerprint density at radius 1 is 1.48 bits per heavy atom. The quantitative estimate of drug-likeness (QED) is 0.922. The Hall–Kier alpha value is -1.43. The van der Waals surface area contributed by atoms with Gasteiger partial charge in [0.05, 0.1) is 6.61 Å². The highest BCUT2D eigenvalue weighted by Crippen LogP contribution is 2.33. The normalized spacial score (nSPS) is 19.4. The second-order valence-corrected chi connectivity index (χ2v) is 6.61. The number of fused-ring (bicyclic) bond motifs is 1. The Bertz CT molecular complexity index is 652. The minimum absolute atomic E-state index is 0.478. The van der Waals surface area contributed by atoms with E-state index in [2.05, 4.69) is 4.90 Å². The summed E-state index contributed by atoms with van der Waals surface area (Å²) in [7, 11) is 1.73. The number of hydrogen-bond donors (Lipinski definition) is 1. The van der Waals surface area contributed by atoms with Gasteiger partial charge in [0.1, 0.15) is 4.88 Å². The summed E-state index contributed by atoms with van der Waals surface area (Å²) in [5, 5.41) is 10.5. The molecule has 1 atom stereocenters. The van der Waals surface area contributed by atoms with Crippen LogP contribution < -0.4 is 0 Å². The molecule has 2 aromatic rings. The first-order chi connectivity index (χ1) is 10.2. The number of hydrogen-bond acceptors (Lipinski definition) is 4. The van der Waals surface area contributed by atoms with Crippen molar-refractivity contribution >= 4 is 27.4 Å². The maximum Gasteiger partial charge on any atom is 0.346 e. The summed E-state index contributed by atoms with van der Waals surface area (Å²) in [6.07, 6.45) is 1.12. The molecule has 1 unspecified atom stereocenters. The average molecular weight is 305 g/mol. The van der Waals surface area contributed by atoms with Gasteiger partial charge in [0.25, 0.3) is 0 Å². The van der Waals surface area contributed by atoms with Crippen LogP contribution in [0.15, 0.2) is 24.3 Å². The van der Waals surface area contributed by atoms with E-state index in [1.54, 1.807) is 7.11 Å². The minimum atomic E-state index is -0.821. The summed E-state index contributed by atoms with van der Waals surface area (Å²) >= 11 is 1.38. The van der Waals surface area contributed by atoms with E-state index < -0.39 is 5.97 Å². The largest absolute Gasteiger partial charge is 0.477 e. The number of benzene rings is 1. The zero-order valence-corrected chi connectivity index (χ0v) is 12.9. The van der Waals surface area contributed by atoms with Crippen molar-refractivity contribution in [3.63, 3.8) is 0 Å². The first kappa shape index (κ1) is 14.5. The number of carbonyl (C=O) groups is 1. The number of nitrogens with zero attached hydrogens (tertiary/aromatic N) is 1. The molecule has 2 heterocycles. The maximum absolute atomic E-state index is 11.5. The van der Waals surface area contributed by atoms with Crippen molar-refractivity contribution in [2.75, 3.05) is 26.8 Å². The van der Waals surface area contributed by atoms with Crippen LogP contribution in [-0.4, -0.2) is 42.8 Å². The number of rotatable bonds is 5. The number of likely N-dealkylation sites (tertiary alicyclic amines) is 1. The number of methoxy groups -OCH3 is 1. The highest BCUT2D eigenvalue weighted by Gasteiger charge is 2.25. The predicted molar refractivity (Wildman–Crippen MR) is 84.0 cm³/mol. The Balaban J connectivity index is 1.86. The highest BCUT2D eigenvalue weighted by atomic mass is 32.1. The van der Waals surface area contributed by atoms with Crippen LogP contribution >= 0.6 is 11.3 Å². The summed E-state index contributed by atoms with van der Waals surface area (Å²) in [6.45, 7) is 3.49. The van der Waals surface area contributed by atoms with Crippen LogP contribution in [0.2, 0.25) is 0 Å². The van der Waals surface area contributed by atoms with Crippen LogP contribution in [0.5, 0.6) is 0 Å². The van der Waals surface area contributed by atoms with Crippen LogP contribution in [0.1, 0.15) is 21.7 Å². The van der Waals surface area contributed by atoms with Gasteiger partial charge in [-0.15, -0.1) is 11.3 Å². The Labute approximate surface area is 127 Å². The molecular weight excluding hydrogens is 286 g/mol. The van der Waals surface area contributed by atoms with Gasteiger partial charge in [-0.2, -0.15) is 0 Å². The van der Waals surface area contributed by atoms with Crippen molar-refractivity contribution < 1.29 is 14.6 Å². The Kier molecular flexibility index (Phi) is 4.24. The van der Waals surface area contributed by atoms with Gasteiger partial charge in [-0.1, -0.05) is 18.2 Å². The second kappa shape index (κ2) is 6.13. The van der Waals surface area contributed by atoms with Crippen LogP contribution in [0.3, 0.4) is 0 Å². The third-order valence-electron chi connectivity index (χ3n) is 4.05. The molecule has 1 N–H and O–H groups in total. The number of thiophene rings is 1. The molecule has 1 aromatic heterocycles. The molecule has 0 aliphatic carbocycles. The van der Waals surface area contributed by atoms with Crippen LogP contribution in [0, 0.1) is 5.92 Å². The molecule has 1 aromatic carbocycles. The zero-order chi connectivity index (χ0) is 14.8. The van der Waals surface area contributed by atoms with Crippen LogP contribution in [-0.2, 0) is 11.3 Å². The lowest BCUT2D eigenvalue weighted by Gasteiger charge is -2.16. The van der Waals surface area contributed by atoms with E-state index in [0.29, 0.717) is 17.3 Å². The maximum atomic E-state index is 11.5. The summed E-state index contributed by atoms with van der Waals surface area (Å²) in [4.78, 5) is 14.3. The predicted octanol–water partition coefficient (Wildman–Crippen LogP) is 3.07. The van der Waals surface area contributed by atoms with Crippen molar-refractivity contribution in [3.05, 3.63) is 34.7 Å². The van der Waals surface area contributed by atoms with Crippen molar-refractivity contribution in [3.8, 4) is 0 Å². The molecule has 1 aliphatic rings. The van der Waals surface area contributed by atoms with E-state index in [-0.39, 0.29) is 0 Å². The van der Waals surface area contributed by atoms with Gasteiger partial charge in [-0.3, -0.25) is 4.90 Å². The van der Waals surface area contributed by atoms with Gasteiger partial charge in [0.2, 0.25) is 0 Å². The lowest BCUT2D eigenvalue weighted by Crippen LogP contribution is -2.22. The van der Waals surface area contributed by atoms with Gasteiger partial charge in [-0.25, -0.2) is 4.79 Å². The fourth-order valence-electron chi connectivity index (χ4n) is 3.08. The number of aromatic carboxylic acids is 1. The highest BCUT2D eigenvalue weighted by molar-refractivity contribution is 7.21. The molecule has 3 rings (SSSR count). The van der Waals surface area contributed by atoms with Crippen LogP contribution in [0.25, 0.3) is 10.1 Å². The molecule has 21 heavy (non-hydrogen) atoms. The molecule has 112 valence electrons. The van der Waals surface area contributed by atoms with Gasteiger partial charge >= 0.3 is 5.97 Å². The fourth-order valence-corrected chi connectivity index (χ4v) is 4.13. The minimum Gasteiger partial charge on any atom is -0.477 e. The molecule has 1 fully saturated rings. The third kappa shape index (κ3) is 2.95. The van der Waals surface area contributed by atoms with E-state index in [0.717, 1.165) is 41.8 Å². The SMILES string of the molecule is COCC1CCN(Cc2c(C(=O)O)sc3ccccc23)C1. The number of ether oxygens (including phenoxy) is 1. The van der Waals surface area contributed by atoms with E-state index >= 15 is 0 Å². The molecule has 1 saturated heterocycles. The number of carboxylic acids is 1. The number of carboxylic acid groups (broad SMARTS) is 1. The molecule has 4 nitrogen and oxygen atoms in total. The van der Waals surface area contributed by atoms with Crippen molar-refractivity contribution in [1.29, 1.82) is 0 Å². The first-order valence-electron chi connectivity index (χ1n) is 7.14. The van der Waals surface area contributed by atoms with E-state index in [1.807, 2.05) is 24.3 Å². The lowest BCUT2D eigenvalue weighted by atomic mass is 10.1. The summed E-state index contributed by atoms with van der Waals surface area (Å²) in [5.74, 6) is -0.257. The van der Waals surface area contributed by atoms with Gasteiger partial charge in [0.15, 0.2) is 0 Å². The first-order valence-corrected chi connectivity index (χ1v) is 7.95. The van der Waals surface area contributed by atoms with Gasteiger partial charge in [0, 0.05) is 24.9 Å². The van der Waals surface area contributed by atoms with E-state index in [1.165, 1.54) is 11.3 Å². The summed E-state index contributed by atoms with van der Waals surface area (Å²) < 4.78 is 6.28. The standard InChI is InChI=1S/C16H19NO3S/c1-20-10-11-6-7-17(8-11)9-13-12-4-2-3-5-14(12)21-15(13)16(18)19/h2-5,11H,6-10H2,1H3,(H,18,19). The third-order valence-corrected chi connectivity index (χ3v) is 5.25. The average Bonchev–Trinajstić information content (AvgIpc) is 3.05. The van der Waals surface area contributed by atoms with Crippen LogP contribution in [0.4, 0.5) is 0 Å². The van der Waals surface area contributed by atoms with Gasteiger partial charge < -0.3 is 9.84 Å². The molecule has 5 heteroatoms. The Morgan fingerprint density at radius 2 is 2.29 bits per heavy atom. The molecular formula is C16H19NO3S. The summed E-state index contributed by atoms with van der Waals surface area (Å²) in [5.41, 5.74) is 0.959.